The molecule has 0 saturated heterocycles. The molecule has 3 saturated carbocycles. The summed E-state index contributed by atoms with van der Waals surface area (Å²) >= 11 is 0. The summed E-state index contributed by atoms with van der Waals surface area (Å²) in [4.78, 5) is 35.2. The van der Waals surface area contributed by atoms with E-state index in [1.807, 2.05) is 0 Å². The number of rotatable bonds is 8. The molecule has 7 heteroatoms. The standard InChI is InChI=1S/C30H48O7/c1-18-22(16-23(34)24(36-20(3)32)11-15-35-19(2)31)29(7)14-10-26-28(5,6)12-9-13-30(26,8)27(29)17-25(18)37-21(4)33/h22-27,34H,1,9-17H2,2-8H3/t22-,23+,24+,25+,26+,27+,29+,30+/m1/s1. The van der Waals surface area contributed by atoms with E-state index in [9.17, 15) is 19.5 Å². The lowest BCUT2D eigenvalue weighted by Gasteiger charge is -2.66. The highest BCUT2D eigenvalue weighted by Gasteiger charge is 2.63. The van der Waals surface area contributed by atoms with Crippen molar-refractivity contribution in [2.75, 3.05) is 6.61 Å². The Balaban J connectivity index is 1.94. The zero-order valence-electron chi connectivity index (χ0n) is 23.9. The molecule has 0 heterocycles. The molecule has 0 bridgehead atoms. The van der Waals surface area contributed by atoms with Gasteiger partial charge in [0.15, 0.2) is 0 Å². The number of aliphatic hydroxyl groups is 1. The summed E-state index contributed by atoms with van der Waals surface area (Å²) in [5, 5.41) is 11.4. The average molecular weight is 521 g/mol. The molecule has 3 aliphatic carbocycles. The van der Waals surface area contributed by atoms with Crippen molar-refractivity contribution < 1.29 is 33.7 Å². The number of hydrogen-bond donors (Lipinski definition) is 1. The Kier molecular flexibility index (Phi) is 8.88. The van der Waals surface area contributed by atoms with Gasteiger partial charge in [-0.2, -0.15) is 0 Å². The van der Waals surface area contributed by atoms with Gasteiger partial charge in [0.1, 0.15) is 12.2 Å². The van der Waals surface area contributed by atoms with Crippen molar-refractivity contribution in [3.05, 3.63) is 12.2 Å². The normalized spacial score (nSPS) is 36.4. The van der Waals surface area contributed by atoms with Gasteiger partial charge in [-0.15, -0.1) is 0 Å². The van der Waals surface area contributed by atoms with E-state index in [1.165, 1.54) is 33.6 Å². The minimum absolute atomic E-state index is 0.0563. The van der Waals surface area contributed by atoms with Gasteiger partial charge in [-0.05, 0) is 78.1 Å². The number of carbonyl (C=O) groups excluding carboxylic acids is 3. The summed E-state index contributed by atoms with van der Waals surface area (Å²) in [5.74, 6) is -0.460. The van der Waals surface area contributed by atoms with Crippen LogP contribution in [0, 0.1) is 34.0 Å². The predicted octanol–water partition coefficient (Wildman–Crippen LogP) is 5.38. The topological polar surface area (TPSA) is 99.1 Å². The SMILES string of the molecule is C=C1[C@@H](OC(C)=O)C[C@H]2[C@@](C)(CC[C@H]3C(C)(C)CCC[C@]23C)[C@@H]1C[C@H](O)[C@H](CCOC(C)=O)OC(C)=O. The molecule has 0 aromatic heterocycles. The molecule has 0 aromatic rings. The summed E-state index contributed by atoms with van der Waals surface area (Å²) in [6.07, 6.45) is 4.82. The van der Waals surface area contributed by atoms with E-state index in [2.05, 4.69) is 34.3 Å². The summed E-state index contributed by atoms with van der Waals surface area (Å²) in [5.41, 5.74) is 1.06. The Bertz CT molecular complexity index is 894. The molecule has 8 atom stereocenters. The summed E-state index contributed by atoms with van der Waals surface area (Å²) in [6.45, 7) is 18.1. The second kappa shape index (κ2) is 11.1. The summed E-state index contributed by atoms with van der Waals surface area (Å²) in [6, 6.07) is 0. The van der Waals surface area contributed by atoms with Crippen LogP contribution in [0.15, 0.2) is 12.2 Å². The lowest BCUT2D eigenvalue weighted by molar-refractivity contribution is -0.182. The molecule has 37 heavy (non-hydrogen) atoms. The molecule has 0 radical (unpaired) electrons. The molecule has 7 nitrogen and oxygen atoms in total. The van der Waals surface area contributed by atoms with E-state index < -0.39 is 30.3 Å². The van der Waals surface area contributed by atoms with Crippen molar-refractivity contribution in [3.8, 4) is 0 Å². The van der Waals surface area contributed by atoms with Gasteiger partial charge in [-0.25, -0.2) is 0 Å². The monoisotopic (exact) mass is 520 g/mol. The maximum Gasteiger partial charge on any atom is 0.303 e. The smallest absolute Gasteiger partial charge is 0.303 e. The molecule has 210 valence electrons. The van der Waals surface area contributed by atoms with E-state index in [0.717, 1.165) is 31.3 Å². The van der Waals surface area contributed by atoms with Gasteiger partial charge in [0, 0.05) is 27.2 Å². The van der Waals surface area contributed by atoms with Crippen LogP contribution in [0.5, 0.6) is 0 Å². The molecule has 0 aromatic carbocycles. The molecule has 3 aliphatic rings. The Morgan fingerprint density at radius 3 is 2.24 bits per heavy atom. The quantitative estimate of drug-likeness (QED) is 0.261. The number of carbonyl (C=O) groups is 3. The number of ether oxygens (including phenoxy) is 3. The first-order valence-corrected chi connectivity index (χ1v) is 14.0. The van der Waals surface area contributed by atoms with Crippen LogP contribution in [0.3, 0.4) is 0 Å². The van der Waals surface area contributed by atoms with Crippen LogP contribution in [-0.4, -0.2) is 47.9 Å². The third-order valence-electron chi connectivity index (χ3n) is 10.2. The largest absolute Gasteiger partial charge is 0.466 e. The molecule has 0 amide bonds. The Morgan fingerprint density at radius 2 is 1.65 bits per heavy atom. The highest BCUT2D eigenvalue weighted by molar-refractivity contribution is 5.67. The fourth-order valence-corrected chi connectivity index (χ4v) is 8.66. The third kappa shape index (κ3) is 6.07. The number of esters is 3. The van der Waals surface area contributed by atoms with E-state index in [-0.39, 0.29) is 41.2 Å². The first-order chi connectivity index (χ1) is 17.1. The Morgan fingerprint density at radius 1 is 0.973 bits per heavy atom. The lowest BCUT2D eigenvalue weighted by atomic mass is 9.38. The van der Waals surface area contributed by atoms with E-state index in [0.29, 0.717) is 18.3 Å². The highest BCUT2D eigenvalue weighted by atomic mass is 16.6. The minimum Gasteiger partial charge on any atom is -0.466 e. The molecule has 0 unspecified atom stereocenters. The molecular weight excluding hydrogens is 472 g/mol. The van der Waals surface area contributed by atoms with Gasteiger partial charge in [0.2, 0.25) is 0 Å². The second-order valence-electron chi connectivity index (χ2n) is 13.0. The van der Waals surface area contributed by atoms with Crippen LogP contribution in [0.2, 0.25) is 0 Å². The number of fused-ring (bicyclic) bond motifs is 3. The highest BCUT2D eigenvalue weighted by Crippen LogP contribution is 2.69. The van der Waals surface area contributed by atoms with E-state index in [4.69, 9.17) is 14.2 Å². The van der Waals surface area contributed by atoms with Crippen LogP contribution >= 0.6 is 0 Å². The Hall–Kier alpha value is -1.89. The molecule has 1 N–H and O–H groups in total. The van der Waals surface area contributed by atoms with Crippen molar-refractivity contribution in [2.45, 2.75) is 118 Å². The minimum atomic E-state index is -0.969. The maximum absolute atomic E-state index is 12.1. The van der Waals surface area contributed by atoms with Crippen LogP contribution in [0.25, 0.3) is 0 Å². The first kappa shape index (κ1) is 29.7. The van der Waals surface area contributed by atoms with Gasteiger partial charge in [-0.3, -0.25) is 14.4 Å². The van der Waals surface area contributed by atoms with Gasteiger partial charge >= 0.3 is 17.9 Å². The van der Waals surface area contributed by atoms with Gasteiger partial charge in [0.05, 0.1) is 12.7 Å². The van der Waals surface area contributed by atoms with Crippen LogP contribution in [-0.2, 0) is 28.6 Å². The predicted molar refractivity (Wildman–Crippen MR) is 140 cm³/mol. The fourth-order valence-electron chi connectivity index (χ4n) is 8.66. The molecule has 3 fully saturated rings. The Labute approximate surface area is 222 Å². The zero-order valence-corrected chi connectivity index (χ0v) is 23.9. The third-order valence-corrected chi connectivity index (χ3v) is 10.2. The zero-order chi connectivity index (χ0) is 27.8. The second-order valence-corrected chi connectivity index (χ2v) is 13.0. The van der Waals surface area contributed by atoms with Crippen molar-refractivity contribution in [1.82, 2.24) is 0 Å². The fraction of sp³-hybridized carbons (Fsp3) is 0.833. The molecular formula is C30H48O7. The van der Waals surface area contributed by atoms with Crippen molar-refractivity contribution in [1.29, 1.82) is 0 Å². The molecule has 0 spiro atoms. The van der Waals surface area contributed by atoms with E-state index in [1.54, 1.807) is 0 Å². The van der Waals surface area contributed by atoms with Crippen LogP contribution in [0.4, 0.5) is 0 Å². The lowest BCUT2D eigenvalue weighted by Crippen LogP contribution is -2.60. The molecule has 0 aliphatic heterocycles. The van der Waals surface area contributed by atoms with Gasteiger partial charge < -0.3 is 19.3 Å². The maximum atomic E-state index is 12.1. The van der Waals surface area contributed by atoms with Gasteiger partial charge in [-0.1, -0.05) is 40.7 Å². The first-order valence-electron chi connectivity index (χ1n) is 14.0. The summed E-state index contributed by atoms with van der Waals surface area (Å²) < 4.78 is 16.4. The van der Waals surface area contributed by atoms with Crippen molar-refractivity contribution in [2.24, 2.45) is 34.0 Å². The van der Waals surface area contributed by atoms with Crippen molar-refractivity contribution in [3.63, 3.8) is 0 Å². The number of aliphatic hydroxyl groups excluding tert-OH is 1. The van der Waals surface area contributed by atoms with Crippen LogP contribution < -0.4 is 0 Å². The van der Waals surface area contributed by atoms with Crippen molar-refractivity contribution >= 4 is 17.9 Å². The van der Waals surface area contributed by atoms with E-state index >= 15 is 0 Å². The molecule has 3 rings (SSSR count). The summed E-state index contributed by atoms with van der Waals surface area (Å²) in [7, 11) is 0. The van der Waals surface area contributed by atoms with Gasteiger partial charge in [0.25, 0.3) is 0 Å². The average Bonchev–Trinajstić information content (AvgIpc) is 2.75. The van der Waals surface area contributed by atoms with Crippen LogP contribution in [0.1, 0.15) is 99.8 Å². The number of hydrogen-bond acceptors (Lipinski definition) is 7.